The number of nitrogens with zero attached hydrogens (tertiary/aromatic N) is 4. The summed E-state index contributed by atoms with van der Waals surface area (Å²) in [6.45, 7) is 7.47. The number of nitrogens with one attached hydrogen (secondary N) is 2. The van der Waals surface area contributed by atoms with Gasteiger partial charge in [-0.2, -0.15) is 0 Å². The van der Waals surface area contributed by atoms with Gasteiger partial charge in [-0.05, 0) is 25.2 Å². The molecule has 2 heterocycles. The van der Waals surface area contributed by atoms with Crippen LogP contribution < -0.4 is 10.6 Å². The molecule has 2 rings (SSSR count). The van der Waals surface area contributed by atoms with Crippen LogP contribution in [-0.2, 0) is 19.4 Å². The van der Waals surface area contributed by atoms with Crippen molar-refractivity contribution in [3.05, 3.63) is 11.6 Å². The first kappa shape index (κ1) is 18.7. The van der Waals surface area contributed by atoms with Crippen molar-refractivity contribution in [2.75, 3.05) is 20.1 Å². The molecule has 0 saturated heterocycles. The number of aromatic nitrogens is 3. The maximum absolute atomic E-state index is 4.40. The van der Waals surface area contributed by atoms with E-state index in [2.05, 4.69) is 44.2 Å². The van der Waals surface area contributed by atoms with Gasteiger partial charge in [0.25, 0.3) is 0 Å². The Morgan fingerprint density at radius 2 is 2.00 bits per heavy atom. The van der Waals surface area contributed by atoms with Gasteiger partial charge in [0.05, 0.1) is 0 Å². The molecule has 0 bridgehead atoms. The fourth-order valence-electron chi connectivity index (χ4n) is 3.22. The van der Waals surface area contributed by atoms with E-state index in [9.17, 15) is 0 Å². The molecular formula is C18H34N6. The van der Waals surface area contributed by atoms with Crippen molar-refractivity contribution in [3.8, 4) is 0 Å². The van der Waals surface area contributed by atoms with Gasteiger partial charge in [0.15, 0.2) is 5.96 Å². The molecule has 6 heteroatoms. The third-order valence-electron chi connectivity index (χ3n) is 4.99. The van der Waals surface area contributed by atoms with E-state index in [0.29, 0.717) is 0 Å². The van der Waals surface area contributed by atoms with Crippen molar-refractivity contribution < 1.29 is 0 Å². The van der Waals surface area contributed by atoms with E-state index in [1.54, 1.807) is 0 Å². The molecule has 0 spiro atoms. The highest BCUT2D eigenvalue weighted by Crippen LogP contribution is 2.15. The summed E-state index contributed by atoms with van der Waals surface area (Å²) in [6, 6.07) is 0. The minimum absolute atomic E-state index is 0.718. The Hall–Kier alpha value is -1.59. The van der Waals surface area contributed by atoms with Crippen LogP contribution in [0, 0.1) is 5.92 Å². The summed E-state index contributed by atoms with van der Waals surface area (Å²) in [6.07, 6.45) is 9.33. The first-order chi connectivity index (χ1) is 11.8. The Labute approximate surface area is 146 Å². The van der Waals surface area contributed by atoms with Crippen molar-refractivity contribution in [2.45, 2.75) is 71.8 Å². The highest BCUT2D eigenvalue weighted by atomic mass is 15.3. The van der Waals surface area contributed by atoms with Crippen molar-refractivity contribution in [2.24, 2.45) is 10.9 Å². The first-order valence-corrected chi connectivity index (χ1v) is 9.63. The number of guanidine groups is 1. The van der Waals surface area contributed by atoms with Crippen LogP contribution in [0.1, 0.15) is 64.0 Å². The zero-order valence-electron chi connectivity index (χ0n) is 15.6. The Morgan fingerprint density at radius 3 is 2.75 bits per heavy atom. The van der Waals surface area contributed by atoms with E-state index < -0.39 is 0 Å². The van der Waals surface area contributed by atoms with Crippen LogP contribution in [0.4, 0.5) is 0 Å². The molecule has 1 aliphatic heterocycles. The second kappa shape index (κ2) is 10.3. The summed E-state index contributed by atoms with van der Waals surface area (Å²) in [4.78, 5) is 4.31. The van der Waals surface area contributed by atoms with Gasteiger partial charge in [-0.1, -0.05) is 33.1 Å². The van der Waals surface area contributed by atoms with Crippen LogP contribution >= 0.6 is 0 Å². The fraction of sp³-hybridized carbons (Fsp3) is 0.833. The molecule has 1 aromatic heterocycles. The zero-order chi connectivity index (χ0) is 17.2. The molecule has 0 amide bonds. The topological polar surface area (TPSA) is 67.1 Å². The lowest BCUT2D eigenvalue weighted by Gasteiger charge is -2.16. The lowest BCUT2D eigenvalue weighted by Crippen LogP contribution is -2.40. The highest BCUT2D eigenvalue weighted by molar-refractivity contribution is 5.79. The first-order valence-electron chi connectivity index (χ1n) is 9.63. The maximum Gasteiger partial charge on any atom is 0.190 e. The van der Waals surface area contributed by atoms with Crippen molar-refractivity contribution in [3.63, 3.8) is 0 Å². The normalized spacial score (nSPS) is 15.2. The Bertz CT molecular complexity index is 504. The molecular weight excluding hydrogens is 300 g/mol. The molecule has 24 heavy (non-hydrogen) atoms. The van der Waals surface area contributed by atoms with Crippen molar-refractivity contribution in [1.29, 1.82) is 0 Å². The molecule has 1 aromatic rings. The van der Waals surface area contributed by atoms with Gasteiger partial charge in [-0.15, -0.1) is 10.2 Å². The fourth-order valence-corrected chi connectivity index (χ4v) is 3.22. The number of aryl methyl sites for hydroxylation is 2. The average Bonchev–Trinajstić information content (AvgIpc) is 2.84. The van der Waals surface area contributed by atoms with Crippen LogP contribution in [0.25, 0.3) is 0 Å². The summed E-state index contributed by atoms with van der Waals surface area (Å²) in [5.41, 5.74) is 0. The molecule has 136 valence electrons. The average molecular weight is 335 g/mol. The monoisotopic (exact) mass is 334 g/mol. The Kier molecular flexibility index (Phi) is 8.05. The number of hydrogen-bond donors (Lipinski definition) is 2. The van der Waals surface area contributed by atoms with E-state index in [-0.39, 0.29) is 0 Å². The lowest BCUT2D eigenvalue weighted by atomic mass is 10.0. The van der Waals surface area contributed by atoms with Gasteiger partial charge >= 0.3 is 0 Å². The molecule has 0 fully saturated rings. The van der Waals surface area contributed by atoms with E-state index in [0.717, 1.165) is 56.6 Å². The van der Waals surface area contributed by atoms with Gasteiger partial charge in [-0.25, -0.2) is 0 Å². The molecule has 0 saturated carbocycles. The molecule has 0 radical (unpaired) electrons. The third-order valence-corrected chi connectivity index (χ3v) is 4.99. The van der Waals surface area contributed by atoms with Crippen LogP contribution in [0.5, 0.6) is 0 Å². The maximum atomic E-state index is 4.40. The highest BCUT2D eigenvalue weighted by Gasteiger charge is 2.14. The molecule has 0 atom stereocenters. The number of aliphatic imine (C=N–C) groups is 1. The van der Waals surface area contributed by atoms with Gasteiger partial charge < -0.3 is 15.2 Å². The molecule has 1 aliphatic rings. The lowest BCUT2D eigenvalue weighted by molar-refractivity contribution is 0.481. The van der Waals surface area contributed by atoms with Crippen molar-refractivity contribution in [1.82, 2.24) is 25.4 Å². The van der Waals surface area contributed by atoms with Crippen molar-refractivity contribution >= 4 is 5.96 Å². The summed E-state index contributed by atoms with van der Waals surface area (Å²) < 4.78 is 2.34. The number of rotatable bonds is 8. The third kappa shape index (κ3) is 5.49. The van der Waals surface area contributed by atoms with Gasteiger partial charge in [0.2, 0.25) is 0 Å². The number of fused-ring (bicyclic) bond motifs is 1. The van der Waals surface area contributed by atoms with E-state index in [1.165, 1.54) is 37.9 Å². The molecule has 2 N–H and O–H groups in total. The second-order valence-electron chi connectivity index (χ2n) is 6.66. The van der Waals surface area contributed by atoms with Crippen LogP contribution in [-0.4, -0.2) is 40.9 Å². The predicted octanol–water partition coefficient (Wildman–Crippen LogP) is 2.54. The minimum Gasteiger partial charge on any atom is -0.356 e. The zero-order valence-corrected chi connectivity index (χ0v) is 15.6. The quantitative estimate of drug-likeness (QED) is 0.435. The van der Waals surface area contributed by atoms with Gasteiger partial charge in [0, 0.05) is 39.5 Å². The largest absolute Gasteiger partial charge is 0.356 e. The standard InChI is InChI=1S/C18H34N6/c1-4-15(5-2)14-21-18(19-3)20-12-9-11-17-23-22-16-10-7-6-8-13-24(16)17/h15H,4-14H2,1-3H3,(H2,19,20,21). The summed E-state index contributed by atoms with van der Waals surface area (Å²) in [5.74, 6) is 3.95. The van der Waals surface area contributed by atoms with E-state index in [4.69, 9.17) is 0 Å². The van der Waals surface area contributed by atoms with Crippen LogP contribution in [0.3, 0.4) is 0 Å². The summed E-state index contributed by atoms with van der Waals surface area (Å²) in [7, 11) is 1.83. The second-order valence-corrected chi connectivity index (χ2v) is 6.66. The van der Waals surface area contributed by atoms with E-state index in [1.807, 2.05) is 7.05 Å². The van der Waals surface area contributed by atoms with Crippen LogP contribution in [0.2, 0.25) is 0 Å². The Morgan fingerprint density at radius 1 is 1.17 bits per heavy atom. The minimum atomic E-state index is 0.718. The summed E-state index contributed by atoms with van der Waals surface area (Å²) in [5, 5.41) is 15.6. The number of hydrogen-bond acceptors (Lipinski definition) is 3. The molecule has 0 unspecified atom stereocenters. The van der Waals surface area contributed by atoms with E-state index >= 15 is 0 Å². The summed E-state index contributed by atoms with van der Waals surface area (Å²) >= 11 is 0. The smallest absolute Gasteiger partial charge is 0.190 e. The molecule has 0 aliphatic carbocycles. The predicted molar refractivity (Wildman–Crippen MR) is 99.3 cm³/mol. The van der Waals surface area contributed by atoms with Crippen LogP contribution in [0.15, 0.2) is 4.99 Å². The molecule has 0 aromatic carbocycles. The molecule has 6 nitrogen and oxygen atoms in total. The SMILES string of the molecule is CCC(CC)CNC(=NC)NCCCc1nnc2n1CCCCC2. The Balaban J connectivity index is 1.71. The van der Waals surface area contributed by atoms with Gasteiger partial charge in [-0.3, -0.25) is 4.99 Å². The van der Waals surface area contributed by atoms with Gasteiger partial charge in [0.1, 0.15) is 11.6 Å².